The summed E-state index contributed by atoms with van der Waals surface area (Å²) >= 11 is 0. The van der Waals surface area contributed by atoms with Gasteiger partial charge in [0, 0.05) is 47.7 Å². The molecule has 2 spiro atoms. The predicted octanol–water partition coefficient (Wildman–Crippen LogP) is 4.11. The second-order valence-corrected chi connectivity index (χ2v) is 19.7. The van der Waals surface area contributed by atoms with Crippen molar-refractivity contribution in [2.45, 2.75) is 199 Å². The Morgan fingerprint density at radius 1 is 0.905 bits per heavy atom. The summed E-state index contributed by atoms with van der Waals surface area (Å²) in [7, 11) is 0. The molecule has 5 aliphatic heterocycles. The Morgan fingerprint density at radius 3 is 2.21 bits per heavy atom. The number of benzene rings is 1. The van der Waals surface area contributed by atoms with E-state index < -0.39 is 95.1 Å². The monoisotopic (exact) mass is 892 g/mol. The van der Waals surface area contributed by atoms with Crippen LogP contribution in [0.1, 0.15) is 133 Å². The van der Waals surface area contributed by atoms with Crippen LogP contribution in [0.25, 0.3) is 0 Å². The van der Waals surface area contributed by atoms with Crippen molar-refractivity contribution in [3.63, 3.8) is 0 Å². The minimum atomic E-state index is -1.44. The molecule has 348 valence electrons. The van der Waals surface area contributed by atoms with Crippen molar-refractivity contribution in [2.75, 3.05) is 5.32 Å². The molecule has 18 atom stereocenters. The predicted molar refractivity (Wildman–Crippen MR) is 230 cm³/mol. The van der Waals surface area contributed by atoms with Gasteiger partial charge in [-0.1, -0.05) is 73.6 Å². The summed E-state index contributed by atoms with van der Waals surface area (Å²) in [5.74, 6) is -6.54. The van der Waals surface area contributed by atoms with Gasteiger partial charge in [-0.05, 0) is 108 Å². The third kappa shape index (κ3) is 10.5. The van der Waals surface area contributed by atoms with Crippen LogP contribution in [0.3, 0.4) is 0 Å². The van der Waals surface area contributed by atoms with Crippen LogP contribution in [0, 0.1) is 41.4 Å². The number of aliphatic hydroxyl groups is 2. The van der Waals surface area contributed by atoms with Crippen molar-refractivity contribution < 1.29 is 87.7 Å². The molecule has 3 N–H and O–H groups in total. The number of para-hydroxylation sites is 1. The van der Waals surface area contributed by atoms with E-state index in [0.717, 1.165) is 6.42 Å². The van der Waals surface area contributed by atoms with Crippen molar-refractivity contribution in [2.24, 2.45) is 41.4 Å². The molecule has 4 fully saturated rings. The number of rotatable bonds is 14. The minimum Gasteiger partial charge on any atom is -0.550 e. The maximum atomic E-state index is 14.6. The van der Waals surface area contributed by atoms with Crippen molar-refractivity contribution in [1.29, 1.82) is 0 Å². The molecule has 1 amide bonds. The van der Waals surface area contributed by atoms with E-state index in [0.29, 0.717) is 63.5 Å². The van der Waals surface area contributed by atoms with Crippen molar-refractivity contribution in [1.82, 2.24) is 0 Å². The van der Waals surface area contributed by atoms with Crippen LogP contribution in [-0.4, -0.2) is 93.6 Å². The molecule has 5 heterocycles. The number of carbonyl (C=O) groups is 3. The normalized spacial score (nSPS) is 40.3. The molecule has 0 saturated carbocycles. The second kappa shape index (κ2) is 20.9. The Morgan fingerprint density at radius 2 is 1.59 bits per heavy atom. The number of Topliss-reactive ketones (excluding diaryl/α,β-unsaturated/α-hetero) is 1. The van der Waals surface area contributed by atoms with E-state index in [1.807, 2.05) is 66.7 Å². The number of amides is 1. The van der Waals surface area contributed by atoms with Crippen LogP contribution in [0.2, 0.25) is 0 Å². The van der Waals surface area contributed by atoms with Crippen molar-refractivity contribution in [3.05, 3.63) is 42.5 Å². The molecule has 0 aliphatic carbocycles. The molecule has 0 radical (unpaired) electrons. The molecule has 6 rings (SSSR count). The summed E-state index contributed by atoms with van der Waals surface area (Å²) in [6, 6.07) is 9.18. The van der Waals surface area contributed by atoms with E-state index in [1.165, 1.54) is 0 Å². The van der Waals surface area contributed by atoms with Gasteiger partial charge in [-0.2, -0.15) is 0 Å². The Hall–Kier alpha value is -1.91. The smallest absolute Gasteiger partial charge is 0.550 e. The number of anilines is 1. The molecule has 4 saturated heterocycles. The van der Waals surface area contributed by atoms with E-state index in [-0.39, 0.29) is 59.2 Å². The molecule has 14 heteroatoms. The molecule has 0 unspecified atom stereocenters. The van der Waals surface area contributed by atoms with Gasteiger partial charge in [-0.25, -0.2) is 4.79 Å². The summed E-state index contributed by atoms with van der Waals surface area (Å²) in [6.07, 6.45) is 4.04. The average Bonchev–Trinajstić information content (AvgIpc) is 3.59. The molecule has 0 bridgehead atoms. The minimum absolute atomic E-state index is 0. The molecule has 1 aromatic carbocycles. The van der Waals surface area contributed by atoms with Gasteiger partial charge in [0.2, 0.25) is 5.79 Å². The number of carboxylic acids is 1. The Bertz CT molecular complexity index is 1750. The van der Waals surface area contributed by atoms with Gasteiger partial charge in [0.15, 0.2) is 5.79 Å². The Kier molecular flexibility index (Phi) is 17.3. The number of aliphatic carboxylic acids is 1. The van der Waals surface area contributed by atoms with Gasteiger partial charge in [0.1, 0.15) is 17.5 Å². The van der Waals surface area contributed by atoms with E-state index >= 15 is 0 Å². The summed E-state index contributed by atoms with van der Waals surface area (Å²) in [5, 5.41) is 38.1. The summed E-state index contributed by atoms with van der Waals surface area (Å²) in [4.78, 5) is 39.5. The molecule has 13 nitrogen and oxygen atoms in total. The van der Waals surface area contributed by atoms with E-state index in [9.17, 15) is 29.7 Å². The van der Waals surface area contributed by atoms with Gasteiger partial charge >= 0.3 is 35.7 Å². The zero-order valence-electron chi connectivity index (χ0n) is 39.7. The number of hydrogen-bond donors (Lipinski definition) is 3. The summed E-state index contributed by atoms with van der Waals surface area (Å²) in [5.41, 5.74) is -1.04. The number of nitrogens with one attached hydrogen (secondary N) is 1. The van der Waals surface area contributed by atoms with E-state index in [2.05, 4.69) is 19.2 Å². The van der Waals surface area contributed by atoms with Crippen LogP contribution in [0.4, 0.5) is 10.5 Å². The molecular formula is C49H74NNaO12. The van der Waals surface area contributed by atoms with Gasteiger partial charge < -0.3 is 48.5 Å². The zero-order chi connectivity index (χ0) is 45.4. The number of ether oxygens (including phenoxy) is 6. The first-order valence-electron chi connectivity index (χ1n) is 23.5. The van der Waals surface area contributed by atoms with Crippen LogP contribution in [0.15, 0.2) is 42.5 Å². The molecule has 63 heavy (non-hydrogen) atoms. The first-order valence-corrected chi connectivity index (χ1v) is 23.5. The Labute approximate surface area is 397 Å². The fourth-order valence-corrected chi connectivity index (χ4v) is 11.5. The molecule has 5 aliphatic rings. The third-order valence-electron chi connectivity index (χ3n) is 15.7. The van der Waals surface area contributed by atoms with Gasteiger partial charge in [-0.3, -0.25) is 10.1 Å². The van der Waals surface area contributed by atoms with Gasteiger partial charge in [0.05, 0.1) is 42.2 Å². The number of carboxylic acid groups (broad SMARTS) is 1. The van der Waals surface area contributed by atoms with Gasteiger partial charge in [-0.15, -0.1) is 0 Å². The van der Waals surface area contributed by atoms with Gasteiger partial charge in [0.25, 0.3) is 0 Å². The maximum Gasteiger partial charge on any atom is 1.00 e. The van der Waals surface area contributed by atoms with Crippen LogP contribution in [0.5, 0.6) is 0 Å². The fourth-order valence-electron chi connectivity index (χ4n) is 11.5. The summed E-state index contributed by atoms with van der Waals surface area (Å²) < 4.78 is 40.1. The quantitative estimate of drug-likeness (QED) is 0.180. The number of aliphatic hydroxyl groups excluding tert-OH is 2. The molecule has 1 aromatic rings. The number of hydrogen-bond acceptors (Lipinski definition) is 12. The topological polar surface area (TPSA) is 182 Å². The number of ketones is 1. The van der Waals surface area contributed by atoms with E-state index in [4.69, 9.17) is 28.4 Å². The largest absolute Gasteiger partial charge is 1.00 e. The third-order valence-corrected chi connectivity index (χ3v) is 15.7. The van der Waals surface area contributed by atoms with Crippen molar-refractivity contribution in [3.8, 4) is 0 Å². The molecule has 0 aromatic heterocycles. The van der Waals surface area contributed by atoms with Crippen LogP contribution in [-0.2, 0) is 38.0 Å². The molecular weight excluding hydrogens is 818 g/mol. The SMILES string of the molecule is CC[C@@H](C(=O)[C@@H](C)[C@@H](O)[C@H](C)[C@@H]1O[C@@H]([C@@H](CC)C(=O)[O-])CC[C@@H]1C)[C@H]1O[C@]2(C=C[C@@H](O)[C@]3(CC[C@@](C)([C@H]4CC[C@@](CC)(OC(=O)Nc5ccccc5)[C@H](C)O4)O3)O2)[C@H](C)C[C@@H]1C.[Na+]. The maximum absolute atomic E-state index is 14.6. The van der Waals surface area contributed by atoms with Crippen LogP contribution >= 0.6 is 0 Å². The first-order chi connectivity index (χ1) is 29.3. The average molecular weight is 892 g/mol. The second-order valence-electron chi connectivity index (χ2n) is 19.7. The first kappa shape index (κ1) is 52.1. The standard InChI is InChI=1S/C49H75NO12.Na/c1-11-35(44(54)55)37-20-19-28(4)42(58-37)32(8)40(52)31(7)41(53)36(12-2)43-29(5)27-30(6)48(59-43)24-21-38(51)49(62-48)26-25-46(10,61-49)39-22-23-47(13-3,33(9)57-39)60-45(56)50-34-17-15-14-16-18-34;/h14-18,21,24,28-33,35-40,42-43,51-52H,11-13,19-20,22-23,25-27H2,1-10H3,(H,50,56)(H,54,55);/q;+1/p-1/t28-,29-,30+,31-,32-,33-,35+,36-,37+,38+,39+,40+,42+,43-,46-,47+,48-,49-;/m0./s1. The van der Waals surface area contributed by atoms with Crippen molar-refractivity contribution >= 4 is 23.5 Å². The fraction of sp³-hybridized carbons (Fsp3) is 0.776. The summed E-state index contributed by atoms with van der Waals surface area (Å²) in [6.45, 7) is 19.5. The van der Waals surface area contributed by atoms with E-state index in [1.54, 1.807) is 31.2 Å². The zero-order valence-corrected chi connectivity index (χ0v) is 41.7. The number of carbonyl (C=O) groups excluding carboxylic acids is 3. The Balaban J connectivity index is 0.00000748. The van der Waals surface area contributed by atoms with Crippen LogP contribution < -0.4 is 40.0 Å².